The maximum absolute atomic E-state index is 9.81. The lowest BCUT2D eigenvalue weighted by atomic mass is 9.85. The maximum atomic E-state index is 9.81. The van der Waals surface area contributed by atoms with E-state index in [1.165, 1.54) is 19.3 Å². The van der Waals surface area contributed by atoms with E-state index in [0.29, 0.717) is 25.7 Å². The first kappa shape index (κ1) is 12.0. The van der Waals surface area contributed by atoms with Crippen LogP contribution in [0.15, 0.2) is 0 Å². The predicted molar refractivity (Wildman–Crippen MR) is 55.3 cm³/mol. The second-order valence-electron chi connectivity index (χ2n) is 4.03. The minimum Gasteiger partial charge on any atom is -0.390 e. The van der Waals surface area contributed by atoms with E-state index in [0.717, 1.165) is 12.8 Å². The largest absolute Gasteiger partial charge is 0.390 e. The topological polar surface area (TPSA) is 38.7 Å². The number of aliphatic hydroxyl groups excluding tert-OH is 1. The molecule has 0 aliphatic heterocycles. The van der Waals surface area contributed by atoms with Crippen molar-refractivity contribution in [2.75, 3.05) is 26.9 Å². The van der Waals surface area contributed by atoms with Crippen LogP contribution >= 0.6 is 0 Å². The molecule has 1 unspecified atom stereocenters. The van der Waals surface area contributed by atoms with E-state index in [9.17, 15) is 5.11 Å². The van der Waals surface area contributed by atoms with Crippen LogP contribution < -0.4 is 0 Å². The molecule has 0 radical (unpaired) electrons. The van der Waals surface area contributed by atoms with Crippen molar-refractivity contribution >= 4 is 0 Å². The van der Waals surface area contributed by atoms with Gasteiger partial charge in [0.15, 0.2) is 0 Å². The summed E-state index contributed by atoms with van der Waals surface area (Å²) in [5.41, 5.74) is 0. The zero-order valence-corrected chi connectivity index (χ0v) is 9.08. The van der Waals surface area contributed by atoms with Crippen molar-refractivity contribution in [2.24, 2.45) is 5.92 Å². The summed E-state index contributed by atoms with van der Waals surface area (Å²) in [6.45, 7) is 1.66. The zero-order valence-electron chi connectivity index (χ0n) is 9.08. The maximum Gasteiger partial charge on any atom is 0.0801 e. The van der Waals surface area contributed by atoms with Gasteiger partial charge in [0.2, 0.25) is 0 Å². The van der Waals surface area contributed by atoms with Crippen LogP contribution in [0.4, 0.5) is 0 Å². The van der Waals surface area contributed by atoms with Gasteiger partial charge < -0.3 is 14.6 Å². The fraction of sp³-hybridized carbons (Fsp3) is 1.00. The van der Waals surface area contributed by atoms with Gasteiger partial charge >= 0.3 is 0 Å². The number of hydrogen-bond donors (Lipinski definition) is 1. The highest BCUT2D eigenvalue weighted by Crippen LogP contribution is 2.26. The van der Waals surface area contributed by atoms with Gasteiger partial charge in [-0.3, -0.25) is 0 Å². The van der Waals surface area contributed by atoms with E-state index in [-0.39, 0.29) is 6.10 Å². The van der Waals surface area contributed by atoms with Gasteiger partial charge in [-0.25, -0.2) is 0 Å². The van der Waals surface area contributed by atoms with Gasteiger partial charge in [-0.05, 0) is 18.8 Å². The number of rotatable bonds is 6. The molecule has 1 rings (SSSR count). The Labute approximate surface area is 86.4 Å². The summed E-state index contributed by atoms with van der Waals surface area (Å²) >= 11 is 0. The molecule has 0 bridgehead atoms. The van der Waals surface area contributed by atoms with Crippen molar-refractivity contribution in [3.8, 4) is 0 Å². The molecule has 1 atom stereocenters. The van der Waals surface area contributed by atoms with Crippen LogP contribution in [-0.2, 0) is 9.47 Å². The third-order valence-electron chi connectivity index (χ3n) is 2.91. The summed E-state index contributed by atoms with van der Waals surface area (Å²) in [4.78, 5) is 0. The monoisotopic (exact) mass is 202 g/mol. The summed E-state index contributed by atoms with van der Waals surface area (Å²) in [7, 11) is 1.65. The van der Waals surface area contributed by atoms with Crippen LogP contribution in [-0.4, -0.2) is 38.1 Å². The summed E-state index contributed by atoms with van der Waals surface area (Å²) in [5.74, 6) is 0.464. The molecule has 1 aliphatic carbocycles. The average Bonchev–Trinajstić information content (AvgIpc) is 2.25. The normalized spacial score (nSPS) is 21.0. The van der Waals surface area contributed by atoms with E-state index < -0.39 is 0 Å². The molecule has 0 aromatic carbocycles. The van der Waals surface area contributed by atoms with E-state index in [4.69, 9.17) is 9.47 Å². The highest BCUT2D eigenvalue weighted by molar-refractivity contribution is 4.72. The molecule has 0 aromatic rings. The Morgan fingerprint density at radius 3 is 2.57 bits per heavy atom. The van der Waals surface area contributed by atoms with Crippen molar-refractivity contribution in [1.29, 1.82) is 0 Å². The second kappa shape index (κ2) is 7.21. The first-order chi connectivity index (χ1) is 6.84. The molecule has 0 aromatic heterocycles. The third kappa shape index (κ3) is 4.40. The first-order valence-electron chi connectivity index (χ1n) is 5.59. The SMILES string of the molecule is COCCOCC(O)C1CCCCC1. The molecule has 3 nitrogen and oxygen atoms in total. The molecule has 0 saturated heterocycles. The van der Waals surface area contributed by atoms with E-state index in [1.807, 2.05) is 0 Å². The van der Waals surface area contributed by atoms with Crippen LogP contribution in [0, 0.1) is 5.92 Å². The van der Waals surface area contributed by atoms with Crippen molar-refractivity contribution in [3.05, 3.63) is 0 Å². The lowest BCUT2D eigenvalue weighted by molar-refractivity contribution is -0.0181. The summed E-state index contributed by atoms with van der Waals surface area (Å²) < 4.78 is 10.2. The van der Waals surface area contributed by atoms with Gasteiger partial charge in [-0.2, -0.15) is 0 Å². The van der Waals surface area contributed by atoms with Gasteiger partial charge in [0.25, 0.3) is 0 Å². The second-order valence-corrected chi connectivity index (χ2v) is 4.03. The molecular formula is C11H22O3. The van der Waals surface area contributed by atoms with E-state index in [2.05, 4.69) is 0 Å². The smallest absolute Gasteiger partial charge is 0.0801 e. The number of ether oxygens (including phenoxy) is 2. The quantitative estimate of drug-likeness (QED) is 0.665. The Balaban J connectivity index is 2.04. The number of hydrogen-bond acceptors (Lipinski definition) is 3. The van der Waals surface area contributed by atoms with Gasteiger partial charge in [0, 0.05) is 7.11 Å². The van der Waals surface area contributed by atoms with E-state index in [1.54, 1.807) is 7.11 Å². The molecule has 14 heavy (non-hydrogen) atoms. The molecular weight excluding hydrogens is 180 g/mol. The van der Waals surface area contributed by atoms with Gasteiger partial charge in [0.1, 0.15) is 0 Å². The van der Waals surface area contributed by atoms with Crippen molar-refractivity contribution in [2.45, 2.75) is 38.2 Å². The Hall–Kier alpha value is -0.120. The Kier molecular flexibility index (Phi) is 6.15. The van der Waals surface area contributed by atoms with Gasteiger partial charge in [-0.15, -0.1) is 0 Å². The van der Waals surface area contributed by atoms with Crippen LogP contribution in [0.2, 0.25) is 0 Å². The molecule has 1 saturated carbocycles. The molecule has 3 heteroatoms. The summed E-state index contributed by atoms with van der Waals surface area (Å²) in [6.07, 6.45) is 5.91. The van der Waals surface area contributed by atoms with Crippen molar-refractivity contribution in [3.63, 3.8) is 0 Å². The molecule has 1 fully saturated rings. The standard InChI is InChI=1S/C11H22O3/c1-13-7-8-14-9-11(12)10-5-3-2-4-6-10/h10-12H,2-9H2,1H3. The predicted octanol–water partition coefficient (Wildman–Crippen LogP) is 1.59. The molecule has 0 spiro atoms. The van der Waals surface area contributed by atoms with Gasteiger partial charge in [0.05, 0.1) is 25.9 Å². The first-order valence-corrected chi connectivity index (χ1v) is 5.59. The average molecular weight is 202 g/mol. The number of aliphatic hydroxyl groups is 1. The number of methoxy groups -OCH3 is 1. The molecule has 1 aliphatic rings. The minimum absolute atomic E-state index is 0.271. The van der Waals surface area contributed by atoms with Crippen LogP contribution in [0.3, 0.4) is 0 Å². The van der Waals surface area contributed by atoms with Crippen molar-refractivity contribution in [1.82, 2.24) is 0 Å². The fourth-order valence-electron chi connectivity index (χ4n) is 2.00. The summed E-state index contributed by atoms with van der Waals surface area (Å²) in [6, 6.07) is 0. The highest BCUT2D eigenvalue weighted by Gasteiger charge is 2.21. The van der Waals surface area contributed by atoms with Crippen LogP contribution in [0.1, 0.15) is 32.1 Å². The highest BCUT2D eigenvalue weighted by atomic mass is 16.5. The Morgan fingerprint density at radius 2 is 1.93 bits per heavy atom. The zero-order chi connectivity index (χ0) is 10.2. The lowest BCUT2D eigenvalue weighted by Crippen LogP contribution is -2.28. The van der Waals surface area contributed by atoms with Crippen LogP contribution in [0.5, 0.6) is 0 Å². The van der Waals surface area contributed by atoms with Crippen molar-refractivity contribution < 1.29 is 14.6 Å². The third-order valence-corrected chi connectivity index (χ3v) is 2.91. The molecule has 0 heterocycles. The van der Waals surface area contributed by atoms with Gasteiger partial charge in [-0.1, -0.05) is 19.3 Å². The van der Waals surface area contributed by atoms with E-state index >= 15 is 0 Å². The molecule has 84 valence electrons. The summed E-state index contributed by atoms with van der Waals surface area (Å²) in [5, 5.41) is 9.81. The lowest BCUT2D eigenvalue weighted by Gasteiger charge is -2.26. The molecule has 1 N–H and O–H groups in total. The minimum atomic E-state index is -0.271. The Bertz CT molecular complexity index is 132. The molecule has 0 amide bonds. The fourth-order valence-corrected chi connectivity index (χ4v) is 2.00. The van der Waals surface area contributed by atoms with Crippen LogP contribution in [0.25, 0.3) is 0 Å². The Morgan fingerprint density at radius 1 is 1.21 bits per heavy atom.